The van der Waals surface area contributed by atoms with Gasteiger partial charge in [0, 0.05) is 18.6 Å². The lowest BCUT2D eigenvalue weighted by Gasteiger charge is -2.42. The van der Waals surface area contributed by atoms with Gasteiger partial charge in [0.05, 0.1) is 19.3 Å². The van der Waals surface area contributed by atoms with Crippen LogP contribution in [0, 0.1) is 5.92 Å². The summed E-state index contributed by atoms with van der Waals surface area (Å²) in [6, 6.07) is 0.0455. The van der Waals surface area contributed by atoms with Crippen molar-refractivity contribution in [3.05, 3.63) is 0 Å². The second-order valence-electron chi connectivity index (χ2n) is 8.34. The van der Waals surface area contributed by atoms with Gasteiger partial charge >= 0.3 is 0 Å². The summed E-state index contributed by atoms with van der Waals surface area (Å²) >= 11 is 5.33. The molecule has 1 unspecified atom stereocenters. The van der Waals surface area contributed by atoms with Gasteiger partial charge in [-0.25, -0.2) is 0 Å². The highest BCUT2D eigenvalue weighted by Gasteiger charge is 2.56. The number of rotatable bonds is 2. The topological polar surface area (TPSA) is 36.9 Å². The van der Waals surface area contributed by atoms with Gasteiger partial charge in [0.25, 0.3) is 0 Å². The fourth-order valence-electron chi connectivity index (χ4n) is 2.83. The Bertz CT molecular complexity index is 470. The molecule has 22 heavy (non-hydrogen) atoms. The third kappa shape index (κ3) is 3.56. The molecule has 2 rings (SSSR count). The summed E-state index contributed by atoms with van der Waals surface area (Å²) in [6.07, 6.45) is 0.0842. The van der Waals surface area contributed by atoms with E-state index >= 15 is 0 Å². The maximum absolute atomic E-state index is 6.65. The molecule has 2 heterocycles. The molecule has 0 aromatic rings. The zero-order valence-electron chi connectivity index (χ0n) is 15.1. The molecular formula is C14H30BO4PSSi. The molecule has 128 valence electrons. The average Bonchev–Trinajstić information content (AvgIpc) is 2.57. The van der Waals surface area contributed by atoms with Crippen molar-refractivity contribution in [3.8, 4) is 0 Å². The van der Waals surface area contributed by atoms with Crippen LogP contribution in [0.2, 0.25) is 18.1 Å². The normalized spacial score (nSPS) is 43.7. The zero-order valence-corrected chi connectivity index (χ0v) is 17.8. The van der Waals surface area contributed by atoms with E-state index in [0.29, 0.717) is 13.2 Å². The van der Waals surface area contributed by atoms with Crippen molar-refractivity contribution in [2.24, 2.45) is 5.92 Å². The first-order valence-corrected chi connectivity index (χ1v) is 14.0. The molecule has 2 aliphatic rings. The lowest BCUT2D eigenvalue weighted by molar-refractivity contribution is -0.106. The quantitative estimate of drug-likeness (QED) is 0.556. The average molecular weight is 364 g/mol. The number of hydrogen-bond acceptors (Lipinski definition) is 5. The van der Waals surface area contributed by atoms with Gasteiger partial charge in [-0.3, -0.25) is 0 Å². The molecular weight excluding hydrogens is 334 g/mol. The van der Waals surface area contributed by atoms with Crippen molar-refractivity contribution >= 4 is 34.5 Å². The van der Waals surface area contributed by atoms with E-state index in [1.54, 1.807) is 0 Å². The largest absolute Gasteiger partial charge is 0.412 e. The van der Waals surface area contributed by atoms with Crippen molar-refractivity contribution in [1.29, 1.82) is 0 Å². The van der Waals surface area contributed by atoms with Crippen LogP contribution < -0.4 is 0 Å². The van der Waals surface area contributed by atoms with Gasteiger partial charge in [-0.15, -0.1) is 0 Å². The van der Waals surface area contributed by atoms with Gasteiger partial charge in [-0.1, -0.05) is 27.7 Å². The minimum absolute atomic E-state index is 0.0455. The Morgan fingerprint density at radius 3 is 2.23 bits per heavy atom. The first-order valence-electron chi connectivity index (χ1n) is 8.02. The van der Waals surface area contributed by atoms with E-state index in [9.17, 15) is 0 Å². The summed E-state index contributed by atoms with van der Waals surface area (Å²) in [4.78, 5) is 0. The van der Waals surface area contributed by atoms with Crippen molar-refractivity contribution in [1.82, 2.24) is 0 Å². The van der Waals surface area contributed by atoms with Crippen molar-refractivity contribution in [3.63, 3.8) is 0 Å². The molecule has 1 spiro atoms. The fourth-order valence-corrected chi connectivity index (χ4v) is 5.55. The van der Waals surface area contributed by atoms with Crippen LogP contribution in [-0.4, -0.2) is 53.8 Å². The molecule has 0 N–H and O–H groups in total. The smallest absolute Gasteiger partial charge is 0.192 e. The van der Waals surface area contributed by atoms with Gasteiger partial charge in [0.15, 0.2) is 14.8 Å². The minimum atomic E-state index is -2.08. The first kappa shape index (κ1) is 19.1. The van der Waals surface area contributed by atoms with E-state index in [4.69, 9.17) is 30.0 Å². The van der Waals surface area contributed by atoms with Gasteiger partial charge in [-0.2, -0.15) is 0 Å². The molecule has 8 heteroatoms. The SMILES string of the molecule is B[C@@H]1OC2(COP(C)(=S)OC2)[C@H](C)C1O[Si](C)(C)C(C)(C)C. The molecule has 2 aliphatic heterocycles. The fraction of sp³-hybridized carbons (Fsp3) is 1.00. The van der Waals surface area contributed by atoms with E-state index in [1.807, 2.05) is 6.66 Å². The lowest BCUT2D eigenvalue weighted by Crippen LogP contribution is -2.50. The second kappa shape index (κ2) is 5.94. The molecule has 0 bridgehead atoms. The van der Waals surface area contributed by atoms with Crippen LogP contribution in [0.4, 0.5) is 0 Å². The standard InChI is InChI=1S/C14H30BO4PSSi/c1-10-11(19-22(6,7)13(2,3)4)12(15)18-14(10)8-16-20(5,21)17-9-14/h10-12H,8-9,15H2,1-7H3/t10-,11?,12-,14?,20?/m1/s1. The highest BCUT2D eigenvalue weighted by atomic mass is 32.5. The summed E-state index contributed by atoms with van der Waals surface area (Å²) in [7, 11) is 0.260. The van der Waals surface area contributed by atoms with Crippen molar-refractivity contribution in [2.45, 2.75) is 63.5 Å². The maximum Gasteiger partial charge on any atom is 0.192 e. The van der Waals surface area contributed by atoms with Crippen LogP contribution in [0.3, 0.4) is 0 Å². The Morgan fingerprint density at radius 1 is 1.27 bits per heavy atom. The van der Waals surface area contributed by atoms with Crippen molar-refractivity contribution in [2.75, 3.05) is 19.9 Å². The summed E-state index contributed by atoms with van der Waals surface area (Å²) in [5, 5.41) is 0.187. The summed E-state index contributed by atoms with van der Waals surface area (Å²) in [6.45, 7) is 14.4. The van der Waals surface area contributed by atoms with Crippen LogP contribution in [0.1, 0.15) is 27.7 Å². The highest BCUT2D eigenvalue weighted by Crippen LogP contribution is 2.53. The van der Waals surface area contributed by atoms with Crippen LogP contribution in [0.15, 0.2) is 0 Å². The molecule has 0 amide bonds. The summed E-state index contributed by atoms with van der Waals surface area (Å²) in [5.41, 5.74) is -0.412. The Labute approximate surface area is 142 Å². The molecule has 0 aromatic heterocycles. The Kier molecular flexibility index (Phi) is 5.16. The summed E-state index contributed by atoms with van der Waals surface area (Å²) in [5.74, 6) is 0.229. The van der Waals surface area contributed by atoms with E-state index in [-0.39, 0.29) is 23.1 Å². The third-order valence-corrected chi connectivity index (χ3v) is 11.8. The van der Waals surface area contributed by atoms with Crippen LogP contribution >= 0.6 is 6.49 Å². The Morgan fingerprint density at radius 2 is 1.77 bits per heavy atom. The third-order valence-electron chi connectivity index (χ3n) is 5.53. The molecule has 2 saturated heterocycles. The van der Waals surface area contributed by atoms with E-state index < -0.39 is 20.4 Å². The van der Waals surface area contributed by atoms with Crippen LogP contribution in [0.5, 0.6) is 0 Å². The second-order valence-corrected chi connectivity index (χ2v) is 17.1. The zero-order chi connectivity index (χ0) is 17.0. The van der Waals surface area contributed by atoms with Gasteiger partial charge < -0.3 is 18.2 Å². The highest BCUT2D eigenvalue weighted by molar-refractivity contribution is 8.09. The predicted octanol–water partition coefficient (Wildman–Crippen LogP) is 2.73. The Balaban J connectivity index is 2.15. The predicted molar refractivity (Wildman–Crippen MR) is 99.5 cm³/mol. The molecule has 0 saturated carbocycles. The molecule has 4 nitrogen and oxygen atoms in total. The van der Waals surface area contributed by atoms with Crippen molar-refractivity contribution < 1.29 is 18.2 Å². The van der Waals surface area contributed by atoms with E-state index in [1.165, 1.54) is 0 Å². The van der Waals surface area contributed by atoms with Gasteiger partial charge in [-0.05, 0) is 29.9 Å². The molecule has 3 atom stereocenters. The molecule has 0 aromatic carbocycles. The molecule has 2 fully saturated rings. The minimum Gasteiger partial charge on any atom is -0.412 e. The van der Waals surface area contributed by atoms with Gasteiger partial charge in [0.2, 0.25) is 0 Å². The van der Waals surface area contributed by atoms with Crippen LogP contribution in [0.25, 0.3) is 0 Å². The number of hydrogen-bond donors (Lipinski definition) is 0. The molecule has 0 radical (unpaired) electrons. The summed E-state index contributed by atoms with van der Waals surface area (Å²) < 4.78 is 24.5. The van der Waals surface area contributed by atoms with E-state index in [2.05, 4.69) is 48.6 Å². The lowest BCUT2D eigenvalue weighted by atomic mass is 9.83. The van der Waals surface area contributed by atoms with Gasteiger partial charge in [0.1, 0.15) is 13.4 Å². The van der Waals surface area contributed by atoms with Crippen LogP contribution in [-0.2, 0) is 30.0 Å². The number of ether oxygens (including phenoxy) is 1. The molecule has 0 aliphatic carbocycles. The van der Waals surface area contributed by atoms with E-state index in [0.717, 1.165) is 0 Å². The first-order chi connectivity index (χ1) is 9.80. The monoisotopic (exact) mass is 364 g/mol. The maximum atomic E-state index is 6.65. The Hall–Kier alpha value is 0.772.